The van der Waals surface area contributed by atoms with Crippen LogP contribution in [0.2, 0.25) is 0 Å². The van der Waals surface area contributed by atoms with E-state index in [0.29, 0.717) is 22.6 Å². The predicted molar refractivity (Wildman–Crippen MR) is 119 cm³/mol. The van der Waals surface area contributed by atoms with Gasteiger partial charge in [-0.15, -0.1) is 10.2 Å². The number of carbonyl (C=O) groups is 1. The highest BCUT2D eigenvalue weighted by Gasteiger charge is 2.17. The Bertz CT molecular complexity index is 1240. The fourth-order valence-electron chi connectivity index (χ4n) is 2.75. The minimum absolute atomic E-state index is 0. The van der Waals surface area contributed by atoms with Crippen molar-refractivity contribution in [1.29, 1.82) is 0 Å². The maximum atomic E-state index is 12.1. The van der Waals surface area contributed by atoms with Crippen LogP contribution in [0.3, 0.4) is 0 Å². The minimum Gasteiger partial charge on any atom is -0.414 e. The van der Waals surface area contributed by atoms with Gasteiger partial charge in [0.05, 0.1) is 11.9 Å². The second-order valence-corrected chi connectivity index (χ2v) is 6.65. The molecule has 10 heteroatoms. The number of amides is 1. The molecule has 0 saturated carbocycles. The SMILES string of the molecule is CN(C)C(=O)c1ccc(-c2cnc(N)c(-c3nnc(-c4ccnc(N)c4)o3)n2)cc1.[HH].[HH].[HH].[HH]. The van der Waals surface area contributed by atoms with Crippen LogP contribution in [-0.2, 0) is 0 Å². The molecule has 1 amide bonds. The van der Waals surface area contributed by atoms with Crippen molar-refractivity contribution in [2.24, 2.45) is 0 Å². The number of carbonyl (C=O) groups excluding carboxylic acids is 1. The molecule has 3 heterocycles. The molecule has 30 heavy (non-hydrogen) atoms. The lowest BCUT2D eigenvalue weighted by Gasteiger charge is -2.10. The highest BCUT2D eigenvalue weighted by Crippen LogP contribution is 2.28. The van der Waals surface area contributed by atoms with E-state index < -0.39 is 0 Å². The van der Waals surface area contributed by atoms with Gasteiger partial charge >= 0.3 is 0 Å². The van der Waals surface area contributed by atoms with E-state index in [1.165, 1.54) is 4.90 Å². The molecule has 0 radical (unpaired) electrons. The summed E-state index contributed by atoms with van der Waals surface area (Å²) in [5.41, 5.74) is 14.5. The van der Waals surface area contributed by atoms with E-state index in [4.69, 9.17) is 15.9 Å². The first-order chi connectivity index (χ1) is 14.4. The summed E-state index contributed by atoms with van der Waals surface area (Å²) in [7, 11) is 3.40. The van der Waals surface area contributed by atoms with E-state index in [2.05, 4.69) is 25.1 Å². The van der Waals surface area contributed by atoms with E-state index >= 15 is 0 Å². The van der Waals surface area contributed by atoms with Crippen LogP contribution < -0.4 is 11.5 Å². The predicted octanol–water partition coefficient (Wildman–Crippen LogP) is 3.11. The van der Waals surface area contributed by atoms with Crippen molar-refractivity contribution in [2.75, 3.05) is 25.6 Å². The van der Waals surface area contributed by atoms with Crippen LogP contribution in [0.4, 0.5) is 11.6 Å². The highest BCUT2D eigenvalue weighted by atomic mass is 16.4. The van der Waals surface area contributed by atoms with Gasteiger partial charge in [-0.3, -0.25) is 4.79 Å². The summed E-state index contributed by atoms with van der Waals surface area (Å²) in [6, 6.07) is 10.4. The summed E-state index contributed by atoms with van der Waals surface area (Å²) < 4.78 is 5.72. The van der Waals surface area contributed by atoms with Crippen molar-refractivity contribution >= 4 is 17.5 Å². The van der Waals surface area contributed by atoms with E-state index in [1.807, 2.05) is 0 Å². The molecule has 158 valence electrons. The van der Waals surface area contributed by atoms with Crippen LogP contribution in [0, 0.1) is 0 Å². The zero-order valence-electron chi connectivity index (χ0n) is 16.3. The molecule has 0 fully saturated rings. The monoisotopic (exact) mass is 410 g/mol. The molecule has 0 bridgehead atoms. The Labute approximate surface area is 177 Å². The number of nitrogens with zero attached hydrogens (tertiary/aromatic N) is 6. The molecule has 4 rings (SSSR count). The van der Waals surface area contributed by atoms with Gasteiger partial charge in [0.15, 0.2) is 11.5 Å². The van der Waals surface area contributed by atoms with Crippen molar-refractivity contribution in [2.45, 2.75) is 0 Å². The molecule has 0 spiro atoms. The maximum Gasteiger partial charge on any atom is 0.270 e. The topological polar surface area (TPSA) is 150 Å². The standard InChI is InChI=1S/C20H18N8O2.4H2/c1-28(2)20(29)12-5-3-11(4-6-12)14-10-24-17(22)16(25-14)19-27-26-18(30-19)13-7-8-23-15(21)9-13;;;;/h3-10H,1-2H3,(H2,21,23)(H2,22,24);4*1H. The van der Waals surface area contributed by atoms with Crippen molar-refractivity contribution in [3.63, 3.8) is 0 Å². The molecule has 1 aromatic carbocycles. The van der Waals surface area contributed by atoms with Gasteiger partial charge in [0, 0.05) is 42.7 Å². The third-order valence-corrected chi connectivity index (χ3v) is 4.29. The lowest BCUT2D eigenvalue weighted by atomic mass is 10.1. The number of hydrogen-bond donors (Lipinski definition) is 2. The number of aromatic nitrogens is 5. The first kappa shape index (κ1) is 19.0. The number of anilines is 2. The Kier molecular flexibility index (Phi) is 4.80. The Morgan fingerprint density at radius 1 is 1.00 bits per heavy atom. The second-order valence-electron chi connectivity index (χ2n) is 6.65. The Hall–Kier alpha value is -4.34. The molecule has 0 aliphatic heterocycles. The first-order valence-electron chi connectivity index (χ1n) is 8.93. The number of benzene rings is 1. The molecule has 4 N–H and O–H groups in total. The van der Waals surface area contributed by atoms with Crippen LogP contribution in [-0.4, -0.2) is 50.1 Å². The highest BCUT2D eigenvalue weighted by molar-refractivity contribution is 5.94. The van der Waals surface area contributed by atoms with Crippen LogP contribution in [0.15, 0.2) is 53.2 Å². The van der Waals surface area contributed by atoms with Crippen LogP contribution >= 0.6 is 0 Å². The fourth-order valence-corrected chi connectivity index (χ4v) is 2.75. The summed E-state index contributed by atoms with van der Waals surface area (Å²) in [6.07, 6.45) is 3.09. The average Bonchev–Trinajstić information content (AvgIpc) is 3.24. The Balaban J connectivity index is 0.00000272. The minimum atomic E-state index is -0.0826. The van der Waals surface area contributed by atoms with Gasteiger partial charge in [0.1, 0.15) is 5.82 Å². The Morgan fingerprint density at radius 3 is 2.43 bits per heavy atom. The van der Waals surface area contributed by atoms with Crippen LogP contribution in [0.25, 0.3) is 34.3 Å². The van der Waals surface area contributed by atoms with E-state index in [-0.39, 0.29) is 34.9 Å². The van der Waals surface area contributed by atoms with Gasteiger partial charge in [-0.25, -0.2) is 15.0 Å². The lowest BCUT2D eigenvalue weighted by molar-refractivity contribution is 0.0827. The summed E-state index contributed by atoms with van der Waals surface area (Å²) in [4.78, 5) is 26.2. The van der Waals surface area contributed by atoms with Gasteiger partial charge in [0.2, 0.25) is 5.89 Å². The van der Waals surface area contributed by atoms with E-state index in [0.717, 1.165) is 5.56 Å². The Morgan fingerprint density at radius 2 is 1.73 bits per heavy atom. The number of rotatable bonds is 4. The maximum absolute atomic E-state index is 12.1. The third kappa shape index (κ3) is 3.65. The van der Waals surface area contributed by atoms with Gasteiger partial charge < -0.3 is 20.8 Å². The molecule has 0 atom stereocenters. The van der Waals surface area contributed by atoms with Crippen LogP contribution in [0.1, 0.15) is 16.1 Å². The average molecular weight is 410 g/mol. The van der Waals surface area contributed by atoms with Gasteiger partial charge in [-0.1, -0.05) is 12.1 Å². The fraction of sp³-hybridized carbons (Fsp3) is 0.100. The number of nitrogen functional groups attached to an aromatic ring is 2. The van der Waals surface area contributed by atoms with Gasteiger partial charge in [-0.05, 0) is 24.3 Å². The van der Waals surface area contributed by atoms with Gasteiger partial charge in [0.25, 0.3) is 11.8 Å². The normalized spacial score (nSPS) is 10.7. The van der Waals surface area contributed by atoms with E-state index in [1.54, 1.807) is 62.9 Å². The summed E-state index contributed by atoms with van der Waals surface area (Å²) in [5, 5.41) is 8.06. The summed E-state index contributed by atoms with van der Waals surface area (Å²) in [5.74, 6) is 0.803. The van der Waals surface area contributed by atoms with Crippen molar-refractivity contribution in [1.82, 2.24) is 30.0 Å². The molecular weight excluding hydrogens is 384 g/mol. The molecule has 0 aliphatic rings. The zero-order valence-corrected chi connectivity index (χ0v) is 16.3. The largest absolute Gasteiger partial charge is 0.414 e. The molecule has 10 nitrogen and oxygen atoms in total. The van der Waals surface area contributed by atoms with Crippen molar-refractivity contribution < 1.29 is 14.9 Å². The third-order valence-electron chi connectivity index (χ3n) is 4.29. The molecule has 3 aromatic heterocycles. The molecule has 0 saturated heterocycles. The van der Waals surface area contributed by atoms with Crippen molar-refractivity contribution in [3.05, 3.63) is 54.4 Å². The first-order valence-corrected chi connectivity index (χ1v) is 8.93. The van der Waals surface area contributed by atoms with E-state index in [9.17, 15) is 4.79 Å². The smallest absolute Gasteiger partial charge is 0.270 e. The molecule has 4 aromatic rings. The quantitative estimate of drug-likeness (QED) is 0.517. The number of hydrogen-bond acceptors (Lipinski definition) is 9. The lowest BCUT2D eigenvalue weighted by Crippen LogP contribution is -2.21. The number of nitrogens with two attached hydrogens (primary N) is 2. The zero-order chi connectivity index (χ0) is 21.3. The van der Waals surface area contributed by atoms with Crippen molar-refractivity contribution in [3.8, 4) is 34.3 Å². The number of pyridine rings is 1. The molecular formula is C20H26N8O2. The summed E-state index contributed by atoms with van der Waals surface area (Å²) >= 11 is 0. The molecule has 0 unspecified atom stereocenters. The summed E-state index contributed by atoms with van der Waals surface area (Å²) in [6.45, 7) is 0. The second kappa shape index (κ2) is 7.59. The van der Waals surface area contributed by atoms with Crippen LogP contribution in [0.5, 0.6) is 0 Å². The molecule has 0 aliphatic carbocycles. The van der Waals surface area contributed by atoms with Gasteiger partial charge in [-0.2, -0.15) is 0 Å².